The van der Waals surface area contributed by atoms with Gasteiger partial charge in [0.25, 0.3) is 0 Å². The lowest BCUT2D eigenvalue weighted by Crippen LogP contribution is -2.52. The highest BCUT2D eigenvalue weighted by Gasteiger charge is 2.41. The van der Waals surface area contributed by atoms with Crippen LogP contribution in [-0.4, -0.2) is 47.8 Å². The number of methoxy groups -OCH3 is 1. The fourth-order valence-corrected chi connectivity index (χ4v) is 4.97. The van der Waals surface area contributed by atoms with E-state index in [2.05, 4.69) is 58.6 Å². The van der Waals surface area contributed by atoms with Crippen molar-refractivity contribution in [1.82, 2.24) is 20.0 Å². The highest BCUT2D eigenvalue weighted by molar-refractivity contribution is 5.83. The molecule has 6 nitrogen and oxygen atoms in total. The molecule has 33 heavy (non-hydrogen) atoms. The number of benzene rings is 2. The summed E-state index contributed by atoms with van der Waals surface area (Å²) in [4.78, 5) is 15.6. The van der Waals surface area contributed by atoms with E-state index >= 15 is 0 Å². The van der Waals surface area contributed by atoms with Crippen molar-refractivity contribution in [3.05, 3.63) is 71.5 Å². The van der Waals surface area contributed by atoms with Gasteiger partial charge in [-0.25, -0.2) is 0 Å². The van der Waals surface area contributed by atoms with Crippen LogP contribution in [0, 0.1) is 12.3 Å². The monoisotopic (exact) mass is 446 g/mol. The number of nitrogens with zero attached hydrogens (tertiary/aromatic N) is 3. The lowest BCUT2D eigenvalue weighted by Gasteiger charge is -2.41. The number of carbonyl (C=O) groups is 1. The molecular weight excluding hydrogens is 412 g/mol. The molecule has 0 aliphatic carbocycles. The van der Waals surface area contributed by atoms with Crippen LogP contribution in [-0.2, 0) is 24.8 Å². The Morgan fingerprint density at radius 2 is 1.79 bits per heavy atom. The zero-order valence-electron chi connectivity index (χ0n) is 20.1. The largest absolute Gasteiger partial charge is 0.497 e. The molecule has 2 heterocycles. The minimum absolute atomic E-state index is 0.134. The maximum atomic E-state index is 13.1. The van der Waals surface area contributed by atoms with E-state index in [-0.39, 0.29) is 5.91 Å². The predicted molar refractivity (Wildman–Crippen MR) is 131 cm³/mol. The van der Waals surface area contributed by atoms with Gasteiger partial charge in [-0.3, -0.25) is 14.4 Å². The zero-order valence-corrected chi connectivity index (χ0v) is 20.1. The van der Waals surface area contributed by atoms with E-state index in [1.54, 1.807) is 14.2 Å². The summed E-state index contributed by atoms with van der Waals surface area (Å²) < 4.78 is 7.17. The normalized spacial score (nSPS) is 18.8. The van der Waals surface area contributed by atoms with Crippen LogP contribution in [0.15, 0.2) is 54.7 Å². The van der Waals surface area contributed by atoms with Crippen LogP contribution in [0.3, 0.4) is 0 Å². The van der Waals surface area contributed by atoms with Crippen LogP contribution in [0.1, 0.15) is 29.7 Å². The van der Waals surface area contributed by atoms with Crippen molar-refractivity contribution in [2.45, 2.75) is 32.7 Å². The molecule has 2 aromatic carbocycles. The van der Waals surface area contributed by atoms with Crippen molar-refractivity contribution in [3.63, 3.8) is 0 Å². The second kappa shape index (κ2) is 9.79. The molecule has 0 bridgehead atoms. The molecule has 0 saturated carbocycles. The molecule has 1 unspecified atom stereocenters. The van der Waals surface area contributed by atoms with Gasteiger partial charge < -0.3 is 10.1 Å². The molecular formula is C27H34N4O2. The molecule has 1 atom stereocenters. The fraction of sp³-hybridized carbons (Fsp3) is 0.407. The SMILES string of the molecule is CNC(=O)C1(Cc2ccc(-c3ccc(OC)cc3)cc2)CCCN(Cc2cnn(C)c2C)C1. The maximum Gasteiger partial charge on any atom is 0.227 e. The number of ether oxygens (including phenoxy) is 1. The summed E-state index contributed by atoms with van der Waals surface area (Å²) in [7, 11) is 5.40. The van der Waals surface area contributed by atoms with Gasteiger partial charge in [0.1, 0.15) is 5.75 Å². The van der Waals surface area contributed by atoms with Crippen molar-refractivity contribution in [2.75, 3.05) is 27.2 Å². The van der Waals surface area contributed by atoms with Gasteiger partial charge in [-0.15, -0.1) is 0 Å². The molecule has 174 valence electrons. The standard InChI is InChI=1S/C27H34N4O2/c1-20-24(17-29-30(20)3)18-31-15-5-14-27(19-31,26(32)28-2)16-21-6-8-22(9-7-21)23-10-12-25(33-4)13-11-23/h6-13,17H,5,14-16,18-19H2,1-4H3,(H,28,32). The molecule has 6 heteroatoms. The molecule has 1 fully saturated rings. The number of carbonyl (C=O) groups excluding carboxylic acids is 1. The number of hydrogen-bond donors (Lipinski definition) is 1. The lowest BCUT2D eigenvalue weighted by molar-refractivity contribution is -0.134. The second-order valence-corrected chi connectivity index (χ2v) is 9.15. The molecule has 1 aromatic heterocycles. The van der Waals surface area contributed by atoms with Crippen LogP contribution in [0.25, 0.3) is 11.1 Å². The fourth-order valence-electron chi connectivity index (χ4n) is 4.97. The highest BCUT2D eigenvalue weighted by Crippen LogP contribution is 2.35. The Hall–Kier alpha value is -3.12. The number of hydrogen-bond acceptors (Lipinski definition) is 4. The van der Waals surface area contributed by atoms with Gasteiger partial charge in [-0.1, -0.05) is 36.4 Å². The molecule has 1 N–H and O–H groups in total. The lowest BCUT2D eigenvalue weighted by atomic mass is 9.74. The summed E-state index contributed by atoms with van der Waals surface area (Å²) in [5.41, 5.74) is 5.49. The van der Waals surface area contributed by atoms with Gasteiger partial charge in [-0.2, -0.15) is 5.10 Å². The first kappa shape index (κ1) is 23.1. The van der Waals surface area contributed by atoms with Gasteiger partial charge in [0.2, 0.25) is 5.91 Å². The third kappa shape index (κ3) is 4.96. The van der Waals surface area contributed by atoms with E-state index < -0.39 is 5.41 Å². The van der Waals surface area contributed by atoms with E-state index in [0.29, 0.717) is 0 Å². The highest BCUT2D eigenvalue weighted by atomic mass is 16.5. The number of rotatable bonds is 7. The molecule has 0 spiro atoms. The van der Waals surface area contributed by atoms with Crippen LogP contribution in [0.2, 0.25) is 0 Å². The Morgan fingerprint density at radius 3 is 2.36 bits per heavy atom. The number of piperidine rings is 1. The summed E-state index contributed by atoms with van der Waals surface area (Å²) >= 11 is 0. The first-order chi connectivity index (χ1) is 15.9. The van der Waals surface area contributed by atoms with E-state index in [1.165, 1.54) is 16.8 Å². The van der Waals surface area contributed by atoms with Crippen LogP contribution < -0.4 is 10.1 Å². The van der Waals surface area contributed by atoms with Crippen LogP contribution in [0.4, 0.5) is 0 Å². The predicted octanol–water partition coefficient (Wildman–Crippen LogP) is 3.98. The summed E-state index contributed by atoms with van der Waals surface area (Å²) in [5.74, 6) is 0.987. The van der Waals surface area contributed by atoms with Crippen molar-refractivity contribution < 1.29 is 9.53 Å². The summed E-state index contributed by atoms with van der Waals surface area (Å²) in [5, 5.41) is 7.33. The average molecular weight is 447 g/mol. The molecule has 3 aromatic rings. The first-order valence-corrected chi connectivity index (χ1v) is 11.6. The Bertz CT molecular complexity index is 1090. The maximum absolute atomic E-state index is 13.1. The van der Waals surface area contributed by atoms with Crippen molar-refractivity contribution >= 4 is 5.91 Å². The Labute approximate surface area is 196 Å². The van der Waals surface area contributed by atoms with E-state index in [4.69, 9.17) is 4.74 Å². The Balaban J connectivity index is 1.52. The number of likely N-dealkylation sites (tertiary alicyclic amines) is 1. The number of nitrogens with one attached hydrogen (secondary N) is 1. The third-order valence-electron chi connectivity index (χ3n) is 7.02. The van der Waals surface area contributed by atoms with Gasteiger partial charge in [0.05, 0.1) is 18.7 Å². The topological polar surface area (TPSA) is 59.4 Å². The third-order valence-corrected chi connectivity index (χ3v) is 7.02. The zero-order chi connectivity index (χ0) is 23.4. The van der Waals surface area contributed by atoms with Gasteiger partial charge in [-0.05, 0) is 61.6 Å². The minimum Gasteiger partial charge on any atom is -0.497 e. The van der Waals surface area contributed by atoms with Crippen molar-refractivity contribution in [3.8, 4) is 16.9 Å². The van der Waals surface area contributed by atoms with Crippen LogP contribution >= 0.6 is 0 Å². The molecule has 4 rings (SSSR count). The smallest absolute Gasteiger partial charge is 0.227 e. The summed E-state index contributed by atoms with van der Waals surface area (Å²) in [6.45, 7) is 4.68. The number of aryl methyl sites for hydroxylation is 1. The molecule has 0 radical (unpaired) electrons. The van der Waals surface area contributed by atoms with Crippen molar-refractivity contribution in [2.24, 2.45) is 12.5 Å². The van der Waals surface area contributed by atoms with Gasteiger partial charge in [0, 0.05) is 38.4 Å². The number of aromatic nitrogens is 2. The molecule has 1 aliphatic rings. The Kier molecular flexibility index (Phi) is 6.84. The quantitative estimate of drug-likeness (QED) is 0.597. The van der Waals surface area contributed by atoms with E-state index in [0.717, 1.165) is 55.8 Å². The van der Waals surface area contributed by atoms with Gasteiger partial charge >= 0.3 is 0 Å². The summed E-state index contributed by atoms with van der Waals surface area (Å²) in [6.07, 6.45) is 4.59. The minimum atomic E-state index is -0.426. The second-order valence-electron chi connectivity index (χ2n) is 9.15. The van der Waals surface area contributed by atoms with Crippen LogP contribution in [0.5, 0.6) is 5.75 Å². The Morgan fingerprint density at radius 1 is 1.12 bits per heavy atom. The van der Waals surface area contributed by atoms with E-state index in [1.807, 2.05) is 30.1 Å². The molecule has 1 aliphatic heterocycles. The number of amides is 1. The van der Waals surface area contributed by atoms with E-state index in [9.17, 15) is 4.79 Å². The summed E-state index contributed by atoms with van der Waals surface area (Å²) in [6, 6.07) is 16.7. The average Bonchev–Trinajstić information content (AvgIpc) is 3.16. The molecule has 1 saturated heterocycles. The van der Waals surface area contributed by atoms with Crippen molar-refractivity contribution in [1.29, 1.82) is 0 Å². The molecule has 1 amide bonds. The first-order valence-electron chi connectivity index (χ1n) is 11.6. The van der Waals surface area contributed by atoms with Gasteiger partial charge in [0.15, 0.2) is 0 Å².